The number of hydrogen-bond acceptors (Lipinski definition) is 8. The predicted molar refractivity (Wildman–Crippen MR) is 241 cm³/mol. The van der Waals surface area contributed by atoms with Gasteiger partial charge in [0.1, 0.15) is 11.5 Å². The molecule has 8 aliphatic carbocycles. The molecule has 0 spiro atoms. The lowest BCUT2D eigenvalue weighted by Crippen LogP contribution is -2.47. The van der Waals surface area contributed by atoms with E-state index in [4.69, 9.17) is 9.98 Å². The Hall–Kier alpha value is -4.46. The van der Waals surface area contributed by atoms with E-state index in [-0.39, 0.29) is 68.3 Å². The van der Waals surface area contributed by atoms with E-state index in [0.717, 1.165) is 35.5 Å². The number of phenolic OH excluding ortho intramolecular Hbond substituents is 6. The Labute approximate surface area is 354 Å². The summed E-state index contributed by atoms with van der Waals surface area (Å²) in [6.07, 6.45) is 18.5. The first-order valence-electron chi connectivity index (χ1n) is 23.0. The van der Waals surface area contributed by atoms with Gasteiger partial charge in [-0.3, -0.25) is 9.98 Å². The molecule has 4 aromatic rings. The zero-order valence-electron chi connectivity index (χ0n) is 36.4. The molecule has 8 nitrogen and oxygen atoms in total. The molecular weight excluding hydrogens is 749 g/mol. The van der Waals surface area contributed by atoms with Crippen LogP contribution in [0.2, 0.25) is 0 Å². The molecule has 318 valence electrons. The van der Waals surface area contributed by atoms with Crippen molar-refractivity contribution in [2.45, 2.75) is 130 Å². The van der Waals surface area contributed by atoms with Gasteiger partial charge in [0.25, 0.3) is 0 Å². The summed E-state index contributed by atoms with van der Waals surface area (Å²) in [5.41, 5.74) is 4.05. The van der Waals surface area contributed by atoms with Gasteiger partial charge in [0.05, 0.1) is 0 Å². The van der Waals surface area contributed by atoms with Gasteiger partial charge in [-0.05, 0) is 171 Å². The van der Waals surface area contributed by atoms with Gasteiger partial charge in [-0.15, -0.1) is 0 Å². The van der Waals surface area contributed by atoms with Crippen LogP contribution in [0.25, 0.3) is 32.7 Å². The molecule has 8 aliphatic rings. The summed E-state index contributed by atoms with van der Waals surface area (Å²) in [6, 6.07) is 3.86. The summed E-state index contributed by atoms with van der Waals surface area (Å²) < 4.78 is 0. The normalized spacial score (nSPS) is 30.5. The summed E-state index contributed by atoms with van der Waals surface area (Å²) in [5.74, 6) is 3.00. The summed E-state index contributed by atoms with van der Waals surface area (Å²) >= 11 is 0. The van der Waals surface area contributed by atoms with Crippen molar-refractivity contribution in [3.63, 3.8) is 0 Å². The lowest BCUT2D eigenvalue weighted by Gasteiger charge is -2.56. The van der Waals surface area contributed by atoms with Crippen LogP contribution in [0, 0.1) is 60.2 Å². The highest BCUT2D eigenvalue weighted by Crippen LogP contribution is 2.62. The van der Waals surface area contributed by atoms with Crippen molar-refractivity contribution in [1.82, 2.24) is 0 Å². The number of aromatic hydroxyl groups is 6. The summed E-state index contributed by atoms with van der Waals surface area (Å²) in [7, 11) is 0. The van der Waals surface area contributed by atoms with Crippen molar-refractivity contribution < 1.29 is 30.6 Å². The largest absolute Gasteiger partial charge is 0.507 e. The van der Waals surface area contributed by atoms with E-state index in [1.54, 1.807) is 12.4 Å². The number of hydrogen-bond donors (Lipinski definition) is 6. The smallest absolute Gasteiger partial charge is 0.167 e. The van der Waals surface area contributed by atoms with E-state index in [0.29, 0.717) is 68.0 Å². The van der Waals surface area contributed by atoms with Crippen LogP contribution in [0.5, 0.6) is 34.5 Å². The van der Waals surface area contributed by atoms with Crippen LogP contribution in [0.15, 0.2) is 22.1 Å². The van der Waals surface area contributed by atoms with Crippen molar-refractivity contribution in [3.8, 4) is 45.6 Å². The number of aryl methyl sites for hydroxylation is 2. The molecule has 0 aliphatic heterocycles. The minimum Gasteiger partial charge on any atom is -0.507 e. The second-order valence-electron chi connectivity index (χ2n) is 21.8. The van der Waals surface area contributed by atoms with Gasteiger partial charge in [0.15, 0.2) is 23.0 Å². The third-order valence-corrected chi connectivity index (χ3v) is 16.6. The maximum Gasteiger partial charge on any atom is 0.167 e. The molecule has 0 radical (unpaired) electrons. The highest BCUT2D eigenvalue weighted by atomic mass is 16.3. The molecule has 0 atom stereocenters. The first kappa shape index (κ1) is 39.7. The number of phenols is 6. The van der Waals surface area contributed by atoms with Crippen molar-refractivity contribution in [1.29, 1.82) is 0 Å². The molecule has 0 unspecified atom stereocenters. The van der Waals surface area contributed by atoms with Crippen molar-refractivity contribution in [2.24, 2.45) is 56.3 Å². The van der Waals surface area contributed by atoms with Gasteiger partial charge in [-0.25, -0.2) is 0 Å². The van der Waals surface area contributed by atoms with E-state index < -0.39 is 0 Å². The van der Waals surface area contributed by atoms with Crippen LogP contribution >= 0.6 is 0 Å². The molecule has 60 heavy (non-hydrogen) atoms. The Balaban J connectivity index is 1.13. The number of benzene rings is 4. The zero-order chi connectivity index (χ0) is 42.2. The molecule has 0 amide bonds. The van der Waals surface area contributed by atoms with Crippen LogP contribution in [-0.4, -0.2) is 56.2 Å². The maximum atomic E-state index is 12.7. The standard InChI is InChI=1S/C52H64N2O6/c1-25(2)39-35-7-27(5)41(47(57)43(35)37(45(55)49(39)59)21-53-23-51-15-29-9-30(16-51)11-31(10-29)17-51)42-28(6)8-36-40(26(3)4)50(60)46(56)38(44(36)48(42)58)22-54-24-52-18-32-12-33(19-52)14-34(13-32)20-52/h7-8,21-22,25-26,29-34,55-60H,9-20,23-24H2,1-6H3. The molecule has 8 saturated carbocycles. The number of fused-ring (bicyclic) bond motifs is 2. The SMILES string of the molecule is Cc1cc2c(C(C)C)c(O)c(O)c(C=NCC34CC5CC(CC(C5)C3)C4)c2c(O)c1-c1c(C)cc2c(C(C)C)c(O)c(O)c(C=NCC34CC5CC(CC(C5)C3)C4)c2c1O. The Morgan fingerprint density at radius 2 is 0.800 bits per heavy atom. The minimum absolute atomic E-state index is 0.125. The van der Waals surface area contributed by atoms with Crippen LogP contribution in [0.1, 0.15) is 150 Å². The van der Waals surface area contributed by atoms with Crippen molar-refractivity contribution in [3.05, 3.63) is 45.5 Å². The number of nitrogens with zero attached hydrogens (tertiary/aromatic N) is 2. The van der Waals surface area contributed by atoms with E-state index in [2.05, 4.69) is 0 Å². The second-order valence-corrected chi connectivity index (χ2v) is 21.8. The highest BCUT2D eigenvalue weighted by Gasteiger charge is 2.52. The fourth-order valence-electron chi connectivity index (χ4n) is 15.3. The van der Waals surface area contributed by atoms with Crippen molar-refractivity contribution >= 4 is 34.0 Å². The first-order valence-corrected chi connectivity index (χ1v) is 23.0. The molecule has 8 bridgehead atoms. The maximum absolute atomic E-state index is 12.7. The predicted octanol–water partition coefficient (Wildman–Crippen LogP) is 12.0. The molecular formula is C52H64N2O6. The zero-order valence-corrected chi connectivity index (χ0v) is 36.4. The quantitative estimate of drug-likeness (QED) is 0.0733. The summed E-state index contributed by atoms with van der Waals surface area (Å²) in [5, 5.41) is 73.9. The van der Waals surface area contributed by atoms with Gasteiger partial charge in [0, 0.05) is 69.7 Å². The molecule has 0 saturated heterocycles. The van der Waals surface area contributed by atoms with Gasteiger partial charge in [0.2, 0.25) is 0 Å². The first-order chi connectivity index (χ1) is 28.6. The summed E-state index contributed by atoms with van der Waals surface area (Å²) in [4.78, 5) is 10.0. The third kappa shape index (κ3) is 6.11. The third-order valence-electron chi connectivity index (χ3n) is 16.6. The minimum atomic E-state index is -0.315. The average Bonchev–Trinajstić information content (AvgIpc) is 3.14. The topological polar surface area (TPSA) is 146 Å². The number of rotatable bonds is 9. The van der Waals surface area contributed by atoms with Crippen LogP contribution in [0.3, 0.4) is 0 Å². The lowest BCUT2D eigenvalue weighted by molar-refractivity contribution is -0.0465. The lowest BCUT2D eigenvalue weighted by atomic mass is 9.49. The molecule has 0 aromatic heterocycles. The molecule has 6 N–H and O–H groups in total. The molecule has 8 heteroatoms. The molecule has 12 rings (SSSR count). The Kier molecular flexibility index (Phi) is 9.28. The highest BCUT2D eigenvalue weighted by molar-refractivity contribution is 6.15. The Morgan fingerprint density at radius 1 is 0.500 bits per heavy atom. The second kappa shape index (κ2) is 14.0. The molecule has 0 heterocycles. The van der Waals surface area contributed by atoms with E-state index in [1.165, 1.54) is 77.0 Å². The van der Waals surface area contributed by atoms with Gasteiger partial charge < -0.3 is 30.6 Å². The molecule has 4 aromatic carbocycles. The van der Waals surface area contributed by atoms with E-state index >= 15 is 0 Å². The Bertz CT molecular complexity index is 2270. The fraction of sp³-hybridized carbons (Fsp3) is 0.577. The van der Waals surface area contributed by atoms with Crippen LogP contribution < -0.4 is 0 Å². The van der Waals surface area contributed by atoms with Gasteiger partial charge in [-0.2, -0.15) is 0 Å². The average molecular weight is 813 g/mol. The Morgan fingerprint density at radius 3 is 1.08 bits per heavy atom. The van der Waals surface area contributed by atoms with Crippen molar-refractivity contribution in [2.75, 3.05) is 13.1 Å². The van der Waals surface area contributed by atoms with Gasteiger partial charge >= 0.3 is 0 Å². The number of aliphatic imine (C=N–C) groups is 2. The van der Waals surface area contributed by atoms with Crippen LogP contribution in [0.4, 0.5) is 0 Å². The van der Waals surface area contributed by atoms with Gasteiger partial charge in [-0.1, -0.05) is 39.8 Å². The summed E-state index contributed by atoms with van der Waals surface area (Å²) in [6.45, 7) is 12.9. The molecule has 8 fully saturated rings. The van der Waals surface area contributed by atoms with E-state index in [9.17, 15) is 30.6 Å². The monoisotopic (exact) mass is 812 g/mol. The van der Waals surface area contributed by atoms with Crippen LogP contribution in [-0.2, 0) is 0 Å². The fourth-order valence-corrected chi connectivity index (χ4v) is 15.3. The van der Waals surface area contributed by atoms with E-state index in [1.807, 2.05) is 53.7 Å².